The molecule has 0 spiro atoms. The number of carbonyl (C=O) groups is 1. The summed E-state index contributed by atoms with van der Waals surface area (Å²) in [4.78, 5) is 11.6. The van der Waals surface area contributed by atoms with Gasteiger partial charge in [0, 0.05) is 17.7 Å². The molecule has 2 aromatic rings. The van der Waals surface area contributed by atoms with Crippen molar-refractivity contribution < 1.29 is 4.79 Å². The van der Waals surface area contributed by atoms with Gasteiger partial charge in [-0.2, -0.15) is 0 Å². The number of rotatable bonds is 5. The maximum atomic E-state index is 11.6. The molecule has 0 radical (unpaired) electrons. The minimum absolute atomic E-state index is 0.0150. The average molecular weight is 290 g/mol. The van der Waals surface area contributed by atoms with E-state index in [1.807, 2.05) is 25.1 Å². The fourth-order valence-corrected chi connectivity index (χ4v) is 2.61. The highest BCUT2D eigenvalue weighted by Crippen LogP contribution is 2.30. The second-order valence-corrected chi connectivity index (χ2v) is 5.62. The summed E-state index contributed by atoms with van der Waals surface area (Å²) in [6.45, 7) is 4.05. The van der Waals surface area contributed by atoms with Gasteiger partial charge in [-0.05, 0) is 31.0 Å². The molecular formula is C14H18N4OS. The van der Waals surface area contributed by atoms with Crippen molar-refractivity contribution in [3.8, 4) is 10.6 Å². The van der Waals surface area contributed by atoms with Gasteiger partial charge >= 0.3 is 0 Å². The minimum atomic E-state index is -0.0150. The fourth-order valence-electron chi connectivity index (χ4n) is 1.77. The molecule has 1 aromatic carbocycles. The Labute approximate surface area is 122 Å². The van der Waals surface area contributed by atoms with E-state index in [0.29, 0.717) is 17.2 Å². The van der Waals surface area contributed by atoms with Crippen molar-refractivity contribution in [3.63, 3.8) is 0 Å². The molecule has 0 aliphatic heterocycles. The Morgan fingerprint density at radius 3 is 2.95 bits per heavy atom. The third kappa shape index (κ3) is 3.54. The Kier molecular flexibility index (Phi) is 4.68. The first-order valence-corrected chi connectivity index (χ1v) is 7.41. The summed E-state index contributed by atoms with van der Waals surface area (Å²) in [6, 6.07) is 5.68. The van der Waals surface area contributed by atoms with Gasteiger partial charge in [-0.15, -0.1) is 10.2 Å². The summed E-state index contributed by atoms with van der Waals surface area (Å²) < 4.78 is 0. The van der Waals surface area contributed by atoms with Crippen molar-refractivity contribution in [2.24, 2.45) is 0 Å². The van der Waals surface area contributed by atoms with Crippen molar-refractivity contribution in [3.05, 3.63) is 23.8 Å². The molecule has 1 heterocycles. The Balaban J connectivity index is 2.12. The van der Waals surface area contributed by atoms with Crippen molar-refractivity contribution in [1.29, 1.82) is 0 Å². The number of hydrogen-bond acceptors (Lipinski definition) is 5. The first kappa shape index (κ1) is 14.5. The lowest BCUT2D eigenvalue weighted by molar-refractivity contribution is -0.116. The number of amides is 1. The van der Waals surface area contributed by atoms with Gasteiger partial charge in [-0.1, -0.05) is 30.7 Å². The van der Waals surface area contributed by atoms with Gasteiger partial charge in [-0.3, -0.25) is 4.79 Å². The molecule has 0 aliphatic rings. The number of nitrogen functional groups attached to an aromatic ring is 1. The number of aromatic nitrogens is 2. The maximum Gasteiger partial charge on any atom is 0.226 e. The number of carbonyl (C=O) groups excluding carboxylic acids is 1. The molecule has 6 heteroatoms. The largest absolute Gasteiger partial charge is 0.399 e. The molecule has 0 atom stereocenters. The van der Waals surface area contributed by atoms with Gasteiger partial charge in [0.15, 0.2) is 0 Å². The number of nitrogens with one attached hydrogen (secondary N) is 1. The zero-order chi connectivity index (χ0) is 14.5. The van der Waals surface area contributed by atoms with Crippen LogP contribution in [-0.2, 0) is 4.79 Å². The summed E-state index contributed by atoms with van der Waals surface area (Å²) in [5, 5.41) is 12.2. The molecule has 0 fully saturated rings. The normalized spacial score (nSPS) is 10.5. The van der Waals surface area contributed by atoms with E-state index in [2.05, 4.69) is 22.4 Å². The van der Waals surface area contributed by atoms with Crippen LogP contribution in [0.1, 0.15) is 31.7 Å². The van der Waals surface area contributed by atoms with Crippen LogP contribution in [0.5, 0.6) is 0 Å². The monoisotopic (exact) mass is 290 g/mol. The number of unbranched alkanes of at least 4 members (excludes halogenated alkanes) is 1. The molecule has 20 heavy (non-hydrogen) atoms. The highest BCUT2D eigenvalue weighted by molar-refractivity contribution is 7.18. The third-order valence-corrected chi connectivity index (χ3v) is 3.79. The zero-order valence-corrected chi connectivity index (χ0v) is 12.5. The highest BCUT2D eigenvalue weighted by atomic mass is 32.1. The van der Waals surface area contributed by atoms with Crippen LogP contribution >= 0.6 is 11.3 Å². The molecule has 2 rings (SSSR count). The van der Waals surface area contributed by atoms with Crippen molar-refractivity contribution in [1.82, 2.24) is 10.2 Å². The highest BCUT2D eigenvalue weighted by Gasteiger charge is 2.11. The van der Waals surface area contributed by atoms with E-state index < -0.39 is 0 Å². The van der Waals surface area contributed by atoms with Gasteiger partial charge in [0.05, 0.1) is 0 Å². The predicted octanol–water partition coefficient (Wildman–Crippen LogP) is 3.22. The average Bonchev–Trinajstić information content (AvgIpc) is 2.87. The van der Waals surface area contributed by atoms with E-state index in [9.17, 15) is 4.79 Å². The molecule has 0 saturated heterocycles. The second-order valence-electron chi connectivity index (χ2n) is 4.64. The van der Waals surface area contributed by atoms with Crippen molar-refractivity contribution in [2.75, 3.05) is 11.1 Å². The Hall–Kier alpha value is -1.95. The number of anilines is 2. The lowest BCUT2D eigenvalue weighted by Gasteiger charge is -2.02. The first-order valence-electron chi connectivity index (χ1n) is 6.60. The van der Waals surface area contributed by atoms with E-state index in [0.717, 1.165) is 29.0 Å². The van der Waals surface area contributed by atoms with E-state index >= 15 is 0 Å². The molecule has 3 N–H and O–H groups in total. The molecule has 0 saturated carbocycles. The molecule has 1 aromatic heterocycles. The summed E-state index contributed by atoms with van der Waals surface area (Å²) >= 11 is 1.36. The zero-order valence-electron chi connectivity index (χ0n) is 11.6. The number of aryl methyl sites for hydroxylation is 1. The standard InChI is InChI=1S/C14H18N4OS/c1-3-4-5-12(19)16-14-18-17-13(20-14)11-8-10(15)7-6-9(11)2/h6-8H,3-5,15H2,1-2H3,(H,16,18,19). The fraction of sp³-hybridized carbons (Fsp3) is 0.357. The van der Waals surface area contributed by atoms with E-state index in [-0.39, 0.29) is 5.91 Å². The lowest BCUT2D eigenvalue weighted by atomic mass is 10.1. The van der Waals surface area contributed by atoms with Gasteiger partial charge in [-0.25, -0.2) is 0 Å². The van der Waals surface area contributed by atoms with Crippen LogP contribution in [0, 0.1) is 6.92 Å². The van der Waals surface area contributed by atoms with Crippen LogP contribution in [0.15, 0.2) is 18.2 Å². The smallest absolute Gasteiger partial charge is 0.226 e. The van der Waals surface area contributed by atoms with Crippen molar-refractivity contribution >= 4 is 28.1 Å². The molecule has 0 bridgehead atoms. The van der Waals surface area contributed by atoms with Gasteiger partial charge in [0.2, 0.25) is 11.0 Å². The molecule has 1 amide bonds. The Morgan fingerprint density at radius 1 is 1.40 bits per heavy atom. The second kappa shape index (κ2) is 6.47. The first-order chi connectivity index (χ1) is 9.60. The van der Waals surface area contributed by atoms with Crippen LogP contribution in [0.2, 0.25) is 0 Å². The van der Waals surface area contributed by atoms with Crippen LogP contribution in [0.25, 0.3) is 10.6 Å². The van der Waals surface area contributed by atoms with Gasteiger partial charge in [0.25, 0.3) is 0 Å². The molecule has 5 nitrogen and oxygen atoms in total. The summed E-state index contributed by atoms with van der Waals surface area (Å²) in [7, 11) is 0. The SMILES string of the molecule is CCCCC(=O)Nc1nnc(-c2cc(N)ccc2C)s1. The van der Waals surface area contributed by atoms with Crippen LogP contribution < -0.4 is 11.1 Å². The predicted molar refractivity (Wildman–Crippen MR) is 82.6 cm³/mol. The number of benzene rings is 1. The van der Waals surface area contributed by atoms with E-state index in [1.54, 1.807) is 0 Å². The number of hydrogen-bond donors (Lipinski definition) is 2. The summed E-state index contributed by atoms with van der Waals surface area (Å²) in [5.41, 5.74) is 8.52. The summed E-state index contributed by atoms with van der Waals surface area (Å²) in [6.07, 6.45) is 2.39. The van der Waals surface area contributed by atoms with Crippen molar-refractivity contribution in [2.45, 2.75) is 33.1 Å². The minimum Gasteiger partial charge on any atom is -0.399 e. The molecule has 0 aliphatic carbocycles. The van der Waals surface area contributed by atoms with E-state index in [1.165, 1.54) is 11.3 Å². The molecule has 0 unspecified atom stereocenters. The van der Waals surface area contributed by atoms with E-state index in [4.69, 9.17) is 5.73 Å². The summed E-state index contributed by atoms with van der Waals surface area (Å²) in [5.74, 6) is -0.0150. The Bertz CT molecular complexity index is 609. The Morgan fingerprint density at radius 2 is 2.20 bits per heavy atom. The third-order valence-electron chi connectivity index (χ3n) is 2.92. The van der Waals surface area contributed by atoms with Gasteiger partial charge < -0.3 is 11.1 Å². The van der Waals surface area contributed by atoms with Crippen LogP contribution in [0.3, 0.4) is 0 Å². The topological polar surface area (TPSA) is 80.9 Å². The molecule has 106 valence electrons. The maximum absolute atomic E-state index is 11.6. The molecular weight excluding hydrogens is 272 g/mol. The van der Waals surface area contributed by atoms with Crippen LogP contribution in [0.4, 0.5) is 10.8 Å². The number of nitrogens with two attached hydrogens (primary N) is 1. The van der Waals surface area contributed by atoms with Gasteiger partial charge in [0.1, 0.15) is 5.01 Å². The lowest BCUT2D eigenvalue weighted by Crippen LogP contribution is -2.10. The number of nitrogens with zero attached hydrogens (tertiary/aromatic N) is 2. The van der Waals surface area contributed by atoms with Crippen LogP contribution in [-0.4, -0.2) is 16.1 Å². The quantitative estimate of drug-likeness (QED) is 0.828.